The Kier molecular flexibility index (Phi) is 8.02. The minimum Gasteiger partial charge on any atom is -0.356 e. The zero-order valence-electron chi connectivity index (χ0n) is 17.0. The van der Waals surface area contributed by atoms with Crippen molar-refractivity contribution in [3.8, 4) is 0 Å². The number of benzene rings is 2. The van der Waals surface area contributed by atoms with Crippen LogP contribution in [0.2, 0.25) is 0 Å². The van der Waals surface area contributed by atoms with E-state index in [4.69, 9.17) is 0 Å². The normalized spacial score (nSPS) is 13.4. The highest BCUT2D eigenvalue weighted by Crippen LogP contribution is 2.16. The quantitative estimate of drug-likeness (QED) is 0.523. The van der Waals surface area contributed by atoms with Crippen LogP contribution < -0.4 is 10.6 Å². The molecule has 7 heteroatoms. The number of likely N-dealkylation sites (N-methyl/N-ethyl adjacent to an activating group) is 1. The number of guanidine groups is 1. The number of aliphatic imine (C=N–C) groups is 1. The van der Waals surface area contributed by atoms with Crippen LogP contribution in [0.3, 0.4) is 0 Å². The molecule has 0 aliphatic heterocycles. The minimum atomic E-state index is -3.15. The minimum absolute atomic E-state index is 0.239. The largest absolute Gasteiger partial charge is 0.356 e. The van der Waals surface area contributed by atoms with Crippen LogP contribution in [0.4, 0.5) is 0 Å². The highest BCUT2D eigenvalue weighted by atomic mass is 32.2. The van der Waals surface area contributed by atoms with Gasteiger partial charge in [0.15, 0.2) is 15.8 Å². The summed E-state index contributed by atoms with van der Waals surface area (Å²) in [6.45, 7) is 1.44. The summed E-state index contributed by atoms with van der Waals surface area (Å²) in [5, 5.41) is 6.69. The van der Waals surface area contributed by atoms with Gasteiger partial charge < -0.3 is 15.5 Å². The number of nitrogens with one attached hydrogen (secondary N) is 2. The monoisotopic (exact) mass is 402 g/mol. The molecule has 28 heavy (non-hydrogen) atoms. The summed E-state index contributed by atoms with van der Waals surface area (Å²) in [6, 6.07) is 17.6. The molecule has 2 N–H and O–H groups in total. The van der Waals surface area contributed by atoms with Gasteiger partial charge in [0.05, 0.1) is 10.9 Å². The summed E-state index contributed by atoms with van der Waals surface area (Å²) in [6.07, 6.45) is 2.00. The first kappa shape index (κ1) is 21.9. The van der Waals surface area contributed by atoms with Crippen LogP contribution >= 0.6 is 0 Å². The van der Waals surface area contributed by atoms with Gasteiger partial charge in [0.25, 0.3) is 0 Å². The molecule has 0 saturated heterocycles. The van der Waals surface area contributed by atoms with Gasteiger partial charge in [-0.3, -0.25) is 4.99 Å². The number of sulfone groups is 1. The summed E-state index contributed by atoms with van der Waals surface area (Å²) >= 11 is 0. The fourth-order valence-corrected chi connectivity index (χ4v) is 3.55. The average Bonchev–Trinajstić information content (AvgIpc) is 2.67. The third kappa shape index (κ3) is 6.65. The Morgan fingerprint density at radius 3 is 2.21 bits per heavy atom. The van der Waals surface area contributed by atoms with E-state index in [0.29, 0.717) is 11.4 Å². The van der Waals surface area contributed by atoms with E-state index in [9.17, 15) is 8.42 Å². The molecule has 2 rings (SSSR count). The van der Waals surface area contributed by atoms with E-state index >= 15 is 0 Å². The highest BCUT2D eigenvalue weighted by Gasteiger charge is 2.14. The third-order valence-corrected chi connectivity index (χ3v) is 5.68. The fraction of sp³-hybridized carbons (Fsp3) is 0.381. The van der Waals surface area contributed by atoms with Crippen molar-refractivity contribution >= 4 is 15.8 Å². The summed E-state index contributed by atoms with van der Waals surface area (Å²) in [7, 11) is 2.73. The van der Waals surface area contributed by atoms with Crippen LogP contribution in [0.1, 0.15) is 17.2 Å². The zero-order valence-corrected chi connectivity index (χ0v) is 17.8. The van der Waals surface area contributed by atoms with Crippen molar-refractivity contribution in [2.45, 2.75) is 17.4 Å². The Labute approximate surface area is 168 Å². The summed E-state index contributed by atoms with van der Waals surface area (Å²) in [5.41, 5.74) is 2.33. The summed E-state index contributed by atoms with van der Waals surface area (Å²) < 4.78 is 23.0. The molecule has 0 aliphatic carbocycles. The Bertz CT molecular complexity index is 863. The van der Waals surface area contributed by atoms with Crippen molar-refractivity contribution in [2.24, 2.45) is 4.99 Å². The van der Waals surface area contributed by atoms with Gasteiger partial charge in [-0.25, -0.2) is 8.42 Å². The lowest BCUT2D eigenvalue weighted by Crippen LogP contribution is -2.42. The Balaban J connectivity index is 1.85. The first-order valence-corrected chi connectivity index (χ1v) is 11.2. The standard InChI is InChI=1S/C21H30N4O2S/c1-22-21(24-16-20(25(2)3)18-8-6-5-7-9-18)23-15-14-17-10-12-19(13-11-17)28(4,26)27/h5-13,20H,14-16H2,1-4H3,(H2,22,23,24). The number of hydrogen-bond donors (Lipinski definition) is 2. The maximum atomic E-state index is 11.5. The number of hydrogen-bond acceptors (Lipinski definition) is 4. The van der Waals surface area contributed by atoms with Crippen molar-refractivity contribution in [3.63, 3.8) is 0 Å². The van der Waals surface area contributed by atoms with Gasteiger partial charge >= 0.3 is 0 Å². The predicted molar refractivity (Wildman–Crippen MR) is 115 cm³/mol. The van der Waals surface area contributed by atoms with Crippen LogP contribution in [0, 0.1) is 0 Å². The van der Waals surface area contributed by atoms with Crippen molar-refractivity contribution in [1.29, 1.82) is 0 Å². The molecule has 0 heterocycles. The smallest absolute Gasteiger partial charge is 0.191 e. The van der Waals surface area contributed by atoms with Crippen LogP contribution in [0.15, 0.2) is 64.5 Å². The molecule has 0 aromatic heterocycles. The van der Waals surface area contributed by atoms with Gasteiger partial charge in [-0.05, 0) is 43.8 Å². The van der Waals surface area contributed by atoms with Gasteiger partial charge in [0.2, 0.25) is 0 Å². The van der Waals surface area contributed by atoms with Gasteiger partial charge in [-0.1, -0.05) is 42.5 Å². The summed E-state index contributed by atoms with van der Waals surface area (Å²) in [5.74, 6) is 0.746. The van der Waals surface area contributed by atoms with Crippen molar-refractivity contribution in [1.82, 2.24) is 15.5 Å². The van der Waals surface area contributed by atoms with Crippen LogP contribution in [0.5, 0.6) is 0 Å². The van der Waals surface area contributed by atoms with Crippen molar-refractivity contribution in [2.75, 3.05) is 40.5 Å². The third-order valence-electron chi connectivity index (χ3n) is 4.55. The SMILES string of the molecule is CN=C(NCCc1ccc(S(C)(=O)=O)cc1)NCC(c1ccccc1)N(C)C. The van der Waals surface area contributed by atoms with Crippen LogP contribution in [-0.4, -0.2) is 59.8 Å². The fourth-order valence-electron chi connectivity index (χ4n) is 2.92. The topological polar surface area (TPSA) is 73.8 Å². The second-order valence-corrected chi connectivity index (χ2v) is 8.95. The molecule has 0 aliphatic rings. The van der Waals surface area contributed by atoms with E-state index in [-0.39, 0.29) is 6.04 Å². The second-order valence-electron chi connectivity index (χ2n) is 6.94. The number of rotatable bonds is 8. The van der Waals surface area contributed by atoms with Crippen LogP contribution in [0.25, 0.3) is 0 Å². The van der Waals surface area contributed by atoms with E-state index in [1.165, 1.54) is 11.8 Å². The van der Waals surface area contributed by atoms with Crippen molar-refractivity contribution in [3.05, 3.63) is 65.7 Å². The molecule has 6 nitrogen and oxygen atoms in total. The van der Waals surface area contributed by atoms with Crippen LogP contribution in [-0.2, 0) is 16.3 Å². The maximum Gasteiger partial charge on any atom is 0.191 e. The second kappa shape index (κ2) is 10.2. The summed E-state index contributed by atoms with van der Waals surface area (Å²) in [4.78, 5) is 6.81. The molecule has 1 unspecified atom stereocenters. The molecular weight excluding hydrogens is 372 g/mol. The molecule has 2 aromatic carbocycles. The predicted octanol–water partition coefficient (Wildman–Crippen LogP) is 2.10. The molecule has 0 radical (unpaired) electrons. The lowest BCUT2D eigenvalue weighted by atomic mass is 10.1. The molecule has 1 atom stereocenters. The molecule has 152 valence electrons. The van der Waals surface area contributed by atoms with E-state index in [0.717, 1.165) is 24.5 Å². The van der Waals surface area contributed by atoms with E-state index in [1.54, 1.807) is 19.2 Å². The Morgan fingerprint density at radius 2 is 1.68 bits per heavy atom. The molecular formula is C21H30N4O2S. The molecule has 0 bridgehead atoms. The Hall–Kier alpha value is -2.38. The molecule has 0 saturated carbocycles. The van der Waals surface area contributed by atoms with Gasteiger partial charge in [0.1, 0.15) is 0 Å². The van der Waals surface area contributed by atoms with Gasteiger partial charge in [0, 0.05) is 26.4 Å². The first-order valence-electron chi connectivity index (χ1n) is 9.26. The maximum absolute atomic E-state index is 11.5. The lowest BCUT2D eigenvalue weighted by molar-refractivity contribution is 0.298. The number of nitrogens with zero attached hydrogens (tertiary/aromatic N) is 2. The zero-order chi connectivity index (χ0) is 20.6. The lowest BCUT2D eigenvalue weighted by Gasteiger charge is -2.26. The van der Waals surface area contributed by atoms with E-state index in [2.05, 4.69) is 46.8 Å². The average molecular weight is 403 g/mol. The van der Waals surface area contributed by atoms with Crippen molar-refractivity contribution < 1.29 is 8.42 Å². The van der Waals surface area contributed by atoms with Gasteiger partial charge in [-0.2, -0.15) is 0 Å². The Morgan fingerprint density at radius 1 is 1.04 bits per heavy atom. The highest BCUT2D eigenvalue weighted by molar-refractivity contribution is 7.90. The molecule has 0 fully saturated rings. The van der Waals surface area contributed by atoms with E-state index in [1.807, 2.05) is 30.3 Å². The molecule has 2 aromatic rings. The van der Waals surface area contributed by atoms with E-state index < -0.39 is 9.84 Å². The first-order chi connectivity index (χ1) is 13.3. The molecule has 0 amide bonds. The van der Waals surface area contributed by atoms with Gasteiger partial charge in [-0.15, -0.1) is 0 Å². The molecule has 0 spiro atoms.